The number of anilines is 1. The van der Waals surface area contributed by atoms with Crippen molar-refractivity contribution in [1.82, 2.24) is 24.5 Å². The fraction of sp³-hybridized carbons (Fsp3) is 0.333. The molecule has 0 saturated carbocycles. The molecule has 8 nitrogen and oxygen atoms in total. The number of nitriles is 1. The SMILES string of the molecule is N#Cc1cccnc1N1[C@@H]2CC[C@H]1CC(n1c(=O)[nH]c3cnc4[nH]ccc4c31)C2. The van der Waals surface area contributed by atoms with E-state index in [0.29, 0.717) is 5.56 Å². The number of piperidine rings is 1. The van der Waals surface area contributed by atoms with Crippen LogP contribution in [0.3, 0.4) is 0 Å². The second-order valence-corrected chi connectivity index (χ2v) is 7.96. The summed E-state index contributed by atoms with van der Waals surface area (Å²) in [7, 11) is 0. The quantitative estimate of drug-likeness (QED) is 0.552. The van der Waals surface area contributed by atoms with Gasteiger partial charge in [0.05, 0.1) is 22.8 Å². The summed E-state index contributed by atoms with van der Waals surface area (Å²) in [4.78, 5) is 30.2. The minimum Gasteiger partial charge on any atom is -0.349 e. The van der Waals surface area contributed by atoms with Crippen LogP contribution in [0, 0.1) is 11.3 Å². The van der Waals surface area contributed by atoms with E-state index in [1.807, 2.05) is 22.9 Å². The van der Waals surface area contributed by atoms with Gasteiger partial charge in [-0.05, 0) is 43.9 Å². The van der Waals surface area contributed by atoms with Crippen LogP contribution < -0.4 is 10.6 Å². The molecule has 0 spiro atoms. The molecule has 144 valence electrons. The normalized spacial score (nSPS) is 23.7. The second kappa shape index (κ2) is 5.95. The zero-order chi connectivity index (χ0) is 19.5. The van der Waals surface area contributed by atoms with Crippen molar-refractivity contribution in [3.8, 4) is 6.07 Å². The highest BCUT2D eigenvalue weighted by atomic mass is 16.1. The predicted octanol–water partition coefficient (Wildman–Crippen LogP) is 2.85. The molecule has 0 aromatic carbocycles. The minimum atomic E-state index is -0.0797. The van der Waals surface area contributed by atoms with E-state index in [1.54, 1.807) is 18.5 Å². The molecule has 8 heteroatoms. The predicted molar refractivity (Wildman–Crippen MR) is 109 cm³/mol. The van der Waals surface area contributed by atoms with Crippen LogP contribution in [0.25, 0.3) is 22.1 Å². The largest absolute Gasteiger partial charge is 0.349 e. The lowest BCUT2D eigenvalue weighted by Gasteiger charge is -2.40. The van der Waals surface area contributed by atoms with Crippen molar-refractivity contribution in [2.24, 2.45) is 0 Å². The molecule has 2 aliphatic heterocycles. The smallest absolute Gasteiger partial charge is 0.326 e. The highest BCUT2D eigenvalue weighted by molar-refractivity contribution is 6.00. The molecule has 1 unspecified atom stereocenters. The third kappa shape index (κ3) is 2.27. The number of nitrogens with zero attached hydrogens (tertiary/aromatic N) is 5. The summed E-state index contributed by atoms with van der Waals surface area (Å²) >= 11 is 0. The van der Waals surface area contributed by atoms with Gasteiger partial charge in [0, 0.05) is 35.9 Å². The van der Waals surface area contributed by atoms with Crippen LogP contribution in [0.5, 0.6) is 0 Å². The Labute approximate surface area is 165 Å². The molecule has 6 rings (SSSR count). The van der Waals surface area contributed by atoms with E-state index >= 15 is 0 Å². The summed E-state index contributed by atoms with van der Waals surface area (Å²) in [5, 5.41) is 10.5. The summed E-state index contributed by atoms with van der Waals surface area (Å²) < 4.78 is 1.93. The topological polar surface area (TPSA) is 106 Å². The molecule has 3 atom stereocenters. The zero-order valence-electron chi connectivity index (χ0n) is 15.7. The van der Waals surface area contributed by atoms with Crippen molar-refractivity contribution in [2.75, 3.05) is 4.90 Å². The Kier molecular flexibility index (Phi) is 3.36. The van der Waals surface area contributed by atoms with Crippen molar-refractivity contribution in [2.45, 2.75) is 43.8 Å². The molecule has 2 fully saturated rings. The standard InChI is InChI=1S/C21H19N7O/c22-10-12-2-1-6-24-20(12)27-13-3-4-14(27)9-15(8-13)28-18-16-5-7-23-19(16)25-11-17(18)26-21(28)29/h1-2,5-7,11,13-15H,3-4,8-9H2,(H,23,25)(H,26,29)/t13-,14+,15?. The summed E-state index contributed by atoms with van der Waals surface area (Å²) in [6.07, 6.45) is 9.17. The average molecular weight is 385 g/mol. The molecule has 0 amide bonds. The number of aromatic amines is 2. The van der Waals surface area contributed by atoms with Crippen molar-refractivity contribution >= 4 is 27.9 Å². The van der Waals surface area contributed by atoms with Gasteiger partial charge in [0.1, 0.15) is 17.5 Å². The Bertz CT molecular complexity index is 1330. The summed E-state index contributed by atoms with van der Waals surface area (Å²) in [6.45, 7) is 0. The van der Waals surface area contributed by atoms with Gasteiger partial charge in [0.15, 0.2) is 0 Å². The van der Waals surface area contributed by atoms with Crippen LogP contribution >= 0.6 is 0 Å². The molecule has 0 aliphatic carbocycles. The molecule has 4 aromatic rings. The number of nitrogens with one attached hydrogen (secondary N) is 2. The first-order valence-electron chi connectivity index (χ1n) is 9.94. The number of aromatic nitrogens is 5. The van der Waals surface area contributed by atoms with Gasteiger partial charge in [-0.1, -0.05) is 0 Å². The van der Waals surface area contributed by atoms with Gasteiger partial charge < -0.3 is 14.9 Å². The molecule has 4 aromatic heterocycles. The van der Waals surface area contributed by atoms with Crippen molar-refractivity contribution in [1.29, 1.82) is 5.26 Å². The van der Waals surface area contributed by atoms with Gasteiger partial charge in [-0.3, -0.25) is 4.57 Å². The van der Waals surface area contributed by atoms with Gasteiger partial charge in [-0.25, -0.2) is 14.8 Å². The number of fused-ring (bicyclic) bond motifs is 5. The average Bonchev–Trinajstić information content (AvgIpc) is 3.41. The maximum absolute atomic E-state index is 12.9. The third-order valence-electron chi connectivity index (χ3n) is 6.48. The maximum Gasteiger partial charge on any atom is 0.326 e. The Morgan fingerprint density at radius 1 is 1.14 bits per heavy atom. The summed E-state index contributed by atoms with van der Waals surface area (Å²) in [6, 6.07) is 8.55. The Morgan fingerprint density at radius 3 is 2.76 bits per heavy atom. The molecule has 2 N–H and O–H groups in total. The first-order chi connectivity index (χ1) is 14.2. The lowest BCUT2D eigenvalue weighted by molar-refractivity contribution is 0.335. The molecule has 2 aliphatic rings. The van der Waals surface area contributed by atoms with Gasteiger partial charge in [-0.15, -0.1) is 0 Å². The van der Waals surface area contributed by atoms with E-state index in [1.165, 1.54) is 0 Å². The van der Waals surface area contributed by atoms with Crippen LogP contribution in [-0.2, 0) is 0 Å². The number of pyridine rings is 2. The first-order valence-corrected chi connectivity index (χ1v) is 9.94. The Balaban J connectivity index is 1.43. The number of imidazole rings is 1. The summed E-state index contributed by atoms with van der Waals surface area (Å²) in [5.41, 5.74) is 3.02. The van der Waals surface area contributed by atoms with Gasteiger partial charge in [0.2, 0.25) is 0 Å². The van der Waals surface area contributed by atoms with Crippen molar-refractivity contribution < 1.29 is 0 Å². The van der Waals surface area contributed by atoms with Crippen LogP contribution in [0.2, 0.25) is 0 Å². The fourth-order valence-corrected chi connectivity index (χ4v) is 5.37. The highest BCUT2D eigenvalue weighted by Gasteiger charge is 2.43. The van der Waals surface area contributed by atoms with E-state index in [0.717, 1.165) is 53.6 Å². The number of hydrogen-bond acceptors (Lipinski definition) is 5. The Hall–Kier alpha value is -3.60. The van der Waals surface area contributed by atoms with E-state index in [2.05, 4.69) is 30.9 Å². The molecule has 6 heterocycles. The molecule has 2 bridgehead atoms. The maximum atomic E-state index is 12.9. The van der Waals surface area contributed by atoms with Crippen LogP contribution in [-0.4, -0.2) is 36.6 Å². The number of H-pyrrole nitrogens is 2. The van der Waals surface area contributed by atoms with Gasteiger partial charge in [0.25, 0.3) is 0 Å². The molecule has 0 radical (unpaired) electrons. The lowest BCUT2D eigenvalue weighted by Crippen LogP contribution is -2.45. The zero-order valence-corrected chi connectivity index (χ0v) is 15.7. The van der Waals surface area contributed by atoms with Crippen LogP contribution in [0.1, 0.15) is 37.3 Å². The molecule has 2 saturated heterocycles. The summed E-state index contributed by atoms with van der Waals surface area (Å²) in [5.74, 6) is 0.782. The molecule has 29 heavy (non-hydrogen) atoms. The van der Waals surface area contributed by atoms with Gasteiger partial charge >= 0.3 is 5.69 Å². The molecular formula is C21H19N7O. The monoisotopic (exact) mass is 385 g/mol. The Morgan fingerprint density at radius 2 is 1.97 bits per heavy atom. The molecular weight excluding hydrogens is 366 g/mol. The van der Waals surface area contributed by atoms with Gasteiger partial charge in [-0.2, -0.15) is 5.26 Å². The second-order valence-electron chi connectivity index (χ2n) is 7.96. The lowest BCUT2D eigenvalue weighted by atomic mass is 9.96. The van der Waals surface area contributed by atoms with E-state index in [4.69, 9.17) is 0 Å². The third-order valence-corrected chi connectivity index (χ3v) is 6.48. The van der Waals surface area contributed by atoms with Crippen molar-refractivity contribution in [3.05, 3.63) is 52.8 Å². The van der Waals surface area contributed by atoms with E-state index in [9.17, 15) is 10.1 Å². The van der Waals surface area contributed by atoms with Crippen LogP contribution in [0.15, 0.2) is 41.6 Å². The van der Waals surface area contributed by atoms with E-state index in [-0.39, 0.29) is 23.8 Å². The fourth-order valence-electron chi connectivity index (χ4n) is 5.37. The first kappa shape index (κ1) is 16.4. The number of rotatable bonds is 2. The number of hydrogen-bond donors (Lipinski definition) is 2. The minimum absolute atomic E-state index is 0.0797. The van der Waals surface area contributed by atoms with E-state index < -0.39 is 0 Å². The van der Waals surface area contributed by atoms with Crippen LogP contribution in [0.4, 0.5) is 5.82 Å². The highest BCUT2D eigenvalue weighted by Crippen LogP contribution is 2.44. The van der Waals surface area contributed by atoms with Crippen molar-refractivity contribution in [3.63, 3.8) is 0 Å².